The predicted octanol–water partition coefficient (Wildman–Crippen LogP) is 3.05. The summed E-state index contributed by atoms with van der Waals surface area (Å²) in [5, 5.41) is 3.50. The van der Waals surface area contributed by atoms with Crippen molar-refractivity contribution in [3.8, 4) is 0 Å². The highest BCUT2D eigenvalue weighted by atomic mass is 16.3. The van der Waals surface area contributed by atoms with Gasteiger partial charge in [-0.2, -0.15) is 0 Å². The molecule has 1 aliphatic heterocycles. The zero-order chi connectivity index (χ0) is 14.0. The van der Waals surface area contributed by atoms with E-state index in [-0.39, 0.29) is 0 Å². The second kappa shape index (κ2) is 8.67. The first kappa shape index (κ1) is 14.9. The number of rotatable bonds is 6. The topological polar surface area (TPSA) is 40.8 Å². The van der Waals surface area contributed by atoms with Gasteiger partial charge in [0.15, 0.2) is 5.96 Å². The number of piperidine rings is 1. The van der Waals surface area contributed by atoms with E-state index in [4.69, 9.17) is 9.41 Å². The molecule has 0 radical (unpaired) electrons. The van der Waals surface area contributed by atoms with Crippen LogP contribution in [0, 0.1) is 0 Å². The lowest BCUT2D eigenvalue weighted by Crippen LogP contribution is -2.44. The Bertz CT molecular complexity index is 380. The summed E-state index contributed by atoms with van der Waals surface area (Å²) in [6.45, 7) is 6.29. The standard InChI is InChI=1S/C16H27N3O/c1-2-3-10-17-16(19-12-5-4-6-13-19)18-11-9-15-8-7-14-20-15/h7-8,14H,2-6,9-13H2,1H3,(H,17,18). The molecule has 0 saturated carbocycles. The van der Waals surface area contributed by atoms with Gasteiger partial charge in [-0.05, 0) is 37.8 Å². The highest BCUT2D eigenvalue weighted by Crippen LogP contribution is 2.09. The molecule has 1 N–H and O–H groups in total. The molecule has 1 fully saturated rings. The third-order valence-electron chi connectivity index (χ3n) is 3.66. The average Bonchev–Trinajstić information content (AvgIpc) is 3.00. The summed E-state index contributed by atoms with van der Waals surface area (Å²) < 4.78 is 5.37. The molecule has 0 aromatic carbocycles. The third kappa shape index (κ3) is 4.91. The zero-order valence-corrected chi connectivity index (χ0v) is 12.6. The van der Waals surface area contributed by atoms with Crippen molar-refractivity contribution in [1.82, 2.24) is 10.2 Å². The third-order valence-corrected chi connectivity index (χ3v) is 3.66. The van der Waals surface area contributed by atoms with Gasteiger partial charge in [0.25, 0.3) is 0 Å². The lowest BCUT2D eigenvalue weighted by molar-refractivity contribution is 0.330. The van der Waals surface area contributed by atoms with Gasteiger partial charge in [0.05, 0.1) is 6.26 Å². The molecule has 2 rings (SSSR count). The molecule has 0 spiro atoms. The molecule has 2 heterocycles. The number of unbranched alkanes of at least 4 members (excludes halogenated alkanes) is 1. The number of hydrogen-bond acceptors (Lipinski definition) is 2. The first-order valence-corrected chi connectivity index (χ1v) is 7.96. The van der Waals surface area contributed by atoms with E-state index < -0.39 is 0 Å². The molecule has 0 bridgehead atoms. The summed E-state index contributed by atoms with van der Waals surface area (Å²) in [6, 6.07) is 3.96. The first-order chi connectivity index (χ1) is 9.90. The second-order valence-electron chi connectivity index (χ2n) is 5.36. The minimum atomic E-state index is 0.884. The van der Waals surface area contributed by atoms with Crippen LogP contribution in [0.1, 0.15) is 44.8 Å². The first-order valence-electron chi connectivity index (χ1n) is 7.96. The summed E-state index contributed by atoms with van der Waals surface area (Å²) in [5.74, 6) is 2.12. The van der Waals surface area contributed by atoms with Gasteiger partial charge in [-0.15, -0.1) is 0 Å². The lowest BCUT2D eigenvalue weighted by atomic mass is 10.1. The van der Waals surface area contributed by atoms with Crippen molar-refractivity contribution in [2.45, 2.75) is 45.4 Å². The van der Waals surface area contributed by atoms with Crippen molar-refractivity contribution < 1.29 is 4.42 Å². The Hall–Kier alpha value is -1.45. The molecule has 4 nitrogen and oxygen atoms in total. The van der Waals surface area contributed by atoms with Gasteiger partial charge in [0.1, 0.15) is 5.76 Å². The fourth-order valence-corrected chi connectivity index (χ4v) is 2.47. The molecular formula is C16H27N3O. The Kier molecular flexibility index (Phi) is 6.48. The molecular weight excluding hydrogens is 250 g/mol. The van der Waals surface area contributed by atoms with Crippen molar-refractivity contribution in [1.29, 1.82) is 0 Å². The van der Waals surface area contributed by atoms with Crippen LogP contribution in [0.4, 0.5) is 0 Å². The van der Waals surface area contributed by atoms with Crippen molar-refractivity contribution in [2.75, 3.05) is 26.2 Å². The van der Waals surface area contributed by atoms with Crippen LogP contribution in [0.15, 0.2) is 27.8 Å². The van der Waals surface area contributed by atoms with Crippen LogP contribution in [-0.4, -0.2) is 37.0 Å². The van der Waals surface area contributed by atoms with E-state index in [9.17, 15) is 0 Å². The van der Waals surface area contributed by atoms with Crippen LogP contribution in [0.3, 0.4) is 0 Å². The maximum absolute atomic E-state index is 5.37. The molecule has 1 aliphatic rings. The average molecular weight is 277 g/mol. The minimum absolute atomic E-state index is 0.884. The molecule has 4 heteroatoms. The number of aliphatic imine (C=N–C) groups is 1. The number of nitrogens with one attached hydrogen (secondary N) is 1. The number of nitrogens with zero attached hydrogens (tertiary/aromatic N) is 2. The maximum atomic E-state index is 5.37. The van der Waals surface area contributed by atoms with Crippen LogP contribution in [0.2, 0.25) is 0 Å². The second-order valence-corrected chi connectivity index (χ2v) is 5.36. The van der Waals surface area contributed by atoms with Gasteiger partial charge < -0.3 is 14.6 Å². The van der Waals surface area contributed by atoms with Crippen LogP contribution in [0.5, 0.6) is 0 Å². The molecule has 20 heavy (non-hydrogen) atoms. The molecule has 1 aromatic rings. The van der Waals surface area contributed by atoms with E-state index in [1.165, 1.54) is 25.7 Å². The molecule has 1 saturated heterocycles. The van der Waals surface area contributed by atoms with E-state index in [1.807, 2.05) is 12.1 Å². The largest absolute Gasteiger partial charge is 0.469 e. The normalized spacial score (nSPS) is 16.4. The number of guanidine groups is 1. The fraction of sp³-hybridized carbons (Fsp3) is 0.688. The van der Waals surface area contributed by atoms with Crippen molar-refractivity contribution >= 4 is 5.96 Å². The SMILES string of the molecule is CCCCN=C(NCCc1ccco1)N1CCCCC1. The van der Waals surface area contributed by atoms with E-state index in [2.05, 4.69) is 17.1 Å². The van der Waals surface area contributed by atoms with Gasteiger partial charge >= 0.3 is 0 Å². The molecule has 112 valence electrons. The van der Waals surface area contributed by atoms with E-state index >= 15 is 0 Å². The quantitative estimate of drug-likeness (QED) is 0.493. The van der Waals surface area contributed by atoms with E-state index in [1.54, 1.807) is 6.26 Å². The maximum Gasteiger partial charge on any atom is 0.193 e. The lowest BCUT2D eigenvalue weighted by Gasteiger charge is -2.30. The smallest absolute Gasteiger partial charge is 0.193 e. The summed E-state index contributed by atoms with van der Waals surface area (Å²) in [7, 11) is 0. The predicted molar refractivity (Wildman–Crippen MR) is 83.0 cm³/mol. The van der Waals surface area contributed by atoms with Gasteiger partial charge in [-0.1, -0.05) is 13.3 Å². The highest BCUT2D eigenvalue weighted by Gasteiger charge is 2.14. The Labute approximate surface area is 122 Å². The van der Waals surface area contributed by atoms with Gasteiger partial charge in [0, 0.05) is 32.6 Å². The van der Waals surface area contributed by atoms with E-state index in [0.717, 1.165) is 50.7 Å². The summed E-state index contributed by atoms with van der Waals surface area (Å²) >= 11 is 0. The molecule has 1 aromatic heterocycles. The van der Waals surface area contributed by atoms with Crippen molar-refractivity contribution in [3.05, 3.63) is 24.2 Å². The van der Waals surface area contributed by atoms with Crippen molar-refractivity contribution in [3.63, 3.8) is 0 Å². The summed E-state index contributed by atoms with van der Waals surface area (Å²) in [5.41, 5.74) is 0. The minimum Gasteiger partial charge on any atom is -0.469 e. The van der Waals surface area contributed by atoms with Gasteiger partial charge in [0.2, 0.25) is 0 Å². The zero-order valence-electron chi connectivity index (χ0n) is 12.6. The molecule has 0 aliphatic carbocycles. The Morgan fingerprint density at radius 3 is 2.90 bits per heavy atom. The Balaban J connectivity index is 1.82. The van der Waals surface area contributed by atoms with Crippen molar-refractivity contribution in [2.24, 2.45) is 4.99 Å². The summed E-state index contributed by atoms with van der Waals surface area (Å²) in [4.78, 5) is 7.16. The molecule has 0 unspecified atom stereocenters. The number of hydrogen-bond donors (Lipinski definition) is 1. The van der Waals surface area contributed by atoms with Crippen LogP contribution < -0.4 is 5.32 Å². The monoisotopic (exact) mass is 277 g/mol. The Morgan fingerprint density at radius 1 is 1.35 bits per heavy atom. The van der Waals surface area contributed by atoms with Crippen LogP contribution in [-0.2, 0) is 6.42 Å². The molecule has 0 atom stereocenters. The number of likely N-dealkylation sites (tertiary alicyclic amines) is 1. The number of furan rings is 1. The van der Waals surface area contributed by atoms with Crippen LogP contribution in [0.25, 0.3) is 0 Å². The van der Waals surface area contributed by atoms with Gasteiger partial charge in [-0.3, -0.25) is 4.99 Å². The fourth-order valence-electron chi connectivity index (χ4n) is 2.47. The summed E-state index contributed by atoms with van der Waals surface area (Å²) in [6.07, 6.45) is 8.93. The van der Waals surface area contributed by atoms with Crippen LogP contribution >= 0.6 is 0 Å². The molecule has 0 amide bonds. The highest BCUT2D eigenvalue weighted by molar-refractivity contribution is 5.80. The van der Waals surface area contributed by atoms with Gasteiger partial charge in [-0.25, -0.2) is 0 Å². The Morgan fingerprint density at radius 2 is 2.20 bits per heavy atom. The van der Waals surface area contributed by atoms with E-state index in [0.29, 0.717) is 0 Å².